The SMILES string of the molecule is CCCC(C)C1CC2CC21. The predicted molar refractivity (Wildman–Crippen MR) is 43.8 cm³/mol. The van der Waals surface area contributed by atoms with Crippen LogP contribution in [0.4, 0.5) is 0 Å². The van der Waals surface area contributed by atoms with E-state index >= 15 is 0 Å². The molecule has 4 atom stereocenters. The predicted octanol–water partition coefficient (Wildman–Crippen LogP) is 3.08. The molecule has 0 heterocycles. The van der Waals surface area contributed by atoms with Gasteiger partial charge in [-0.25, -0.2) is 0 Å². The summed E-state index contributed by atoms with van der Waals surface area (Å²) in [6.45, 7) is 4.75. The van der Waals surface area contributed by atoms with Crippen LogP contribution in [0.2, 0.25) is 0 Å². The molecule has 58 valence electrons. The molecule has 0 nitrogen and oxygen atoms in total. The van der Waals surface area contributed by atoms with Crippen molar-refractivity contribution in [3.8, 4) is 0 Å². The zero-order valence-corrected chi connectivity index (χ0v) is 7.14. The molecule has 0 aromatic carbocycles. The quantitative estimate of drug-likeness (QED) is 0.562. The highest BCUT2D eigenvalue weighted by Gasteiger charge is 2.54. The Morgan fingerprint density at radius 2 is 2.20 bits per heavy atom. The third-order valence-electron chi connectivity index (χ3n) is 3.58. The summed E-state index contributed by atoms with van der Waals surface area (Å²) in [4.78, 5) is 0. The molecule has 0 aliphatic heterocycles. The zero-order chi connectivity index (χ0) is 7.14. The Kier molecular flexibility index (Phi) is 1.51. The normalized spacial score (nSPS) is 45.6. The molecule has 0 heteroatoms. The Morgan fingerprint density at radius 3 is 2.60 bits per heavy atom. The maximum Gasteiger partial charge on any atom is -0.0352 e. The van der Waals surface area contributed by atoms with Crippen molar-refractivity contribution in [2.24, 2.45) is 23.7 Å². The average molecular weight is 138 g/mol. The first-order valence-electron chi connectivity index (χ1n) is 4.83. The molecule has 0 N–H and O–H groups in total. The molecule has 0 spiro atoms. The van der Waals surface area contributed by atoms with Gasteiger partial charge in [-0.15, -0.1) is 0 Å². The van der Waals surface area contributed by atoms with Crippen LogP contribution < -0.4 is 0 Å². The lowest BCUT2D eigenvalue weighted by atomic mass is 9.75. The van der Waals surface area contributed by atoms with Gasteiger partial charge in [0.25, 0.3) is 0 Å². The van der Waals surface area contributed by atoms with Crippen molar-refractivity contribution in [2.45, 2.75) is 39.5 Å². The molecule has 2 saturated carbocycles. The minimum atomic E-state index is 1.04. The van der Waals surface area contributed by atoms with Crippen LogP contribution in [0.5, 0.6) is 0 Å². The number of fused-ring (bicyclic) bond motifs is 1. The van der Waals surface area contributed by atoms with Crippen molar-refractivity contribution in [3.05, 3.63) is 0 Å². The maximum absolute atomic E-state index is 2.45. The largest absolute Gasteiger partial charge is 0.0654 e. The van der Waals surface area contributed by atoms with E-state index in [1.807, 2.05) is 0 Å². The van der Waals surface area contributed by atoms with E-state index in [2.05, 4.69) is 13.8 Å². The third kappa shape index (κ3) is 0.889. The summed E-state index contributed by atoms with van der Waals surface area (Å²) in [7, 11) is 0. The van der Waals surface area contributed by atoms with E-state index in [1.165, 1.54) is 24.7 Å². The molecule has 0 saturated heterocycles. The van der Waals surface area contributed by atoms with Gasteiger partial charge in [0.15, 0.2) is 0 Å². The summed E-state index contributed by atoms with van der Waals surface area (Å²) in [5, 5.41) is 0. The fraction of sp³-hybridized carbons (Fsp3) is 1.00. The molecule has 0 bridgehead atoms. The first kappa shape index (κ1) is 6.69. The summed E-state index contributed by atoms with van der Waals surface area (Å²) in [6, 6.07) is 0. The molecule has 4 unspecified atom stereocenters. The van der Waals surface area contributed by atoms with E-state index in [9.17, 15) is 0 Å². The summed E-state index contributed by atoms with van der Waals surface area (Å²) < 4.78 is 0. The minimum absolute atomic E-state index is 1.04. The monoisotopic (exact) mass is 138 g/mol. The first-order chi connectivity index (χ1) is 4.83. The Hall–Kier alpha value is 0. The average Bonchev–Trinajstić information content (AvgIpc) is 2.42. The van der Waals surface area contributed by atoms with Crippen molar-refractivity contribution < 1.29 is 0 Å². The topological polar surface area (TPSA) is 0 Å². The Balaban J connectivity index is 1.76. The second kappa shape index (κ2) is 2.25. The van der Waals surface area contributed by atoms with E-state index in [1.54, 1.807) is 12.8 Å². The van der Waals surface area contributed by atoms with Crippen molar-refractivity contribution in [2.75, 3.05) is 0 Å². The van der Waals surface area contributed by atoms with Gasteiger partial charge >= 0.3 is 0 Å². The van der Waals surface area contributed by atoms with Gasteiger partial charge in [-0.2, -0.15) is 0 Å². The van der Waals surface area contributed by atoms with E-state index in [-0.39, 0.29) is 0 Å². The number of rotatable bonds is 3. The summed E-state index contributed by atoms with van der Waals surface area (Å²) >= 11 is 0. The highest BCUT2D eigenvalue weighted by atomic mass is 14.6. The van der Waals surface area contributed by atoms with Gasteiger partial charge in [0.1, 0.15) is 0 Å². The van der Waals surface area contributed by atoms with Gasteiger partial charge in [-0.3, -0.25) is 0 Å². The minimum Gasteiger partial charge on any atom is -0.0654 e. The molecular formula is C10H18. The fourth-order valence-electron chi connectivity index (χ4n) is 2.72. The standard InChI is InChI=1S/C10H18/c1-3-4-7(2)9-5-8-6-10(8)9/h7-10H,3-6H2,1-2H3. The van der Waals surface area contributed by atoms with Gasteiger partial charge in [-0.1, -0.05) is 26.7 Å². The second-order valence-corrected chi connectivity index (χ2v) is 4.33. The molecule has 2 rings (SSSR count). The number of hydrogen-bond donors (Lipinski definition) is 0. The van der Waals surface area contributed by atoms with E-state index in [0.29, 0.717) is 0 Å². The highest BCUT2D eigenvalue weighted by Crippen LogP contribution is 2.62. The van der Waals surface area contributed by atoms with Gasteiger partial charge in [0.2, 0.25) is 0 Å². The van der Waals surface area contributed by atoms with E-state index in [0.717, 1.165) is 11.8 Å². The summed E-state index contributed by atoms with van der Waals surface area (Å²) in [6.07, 6.45) is 6.01. The first-order valence-corrected chi connectivity index (χ1v) is 4.83. The van der Waals surface area contributed by atoms with Crippen molar-refractivity contribution in [3.63, 3.8) is 0 Å². The smallest absolute Gasteiger partial charge is 0.0352 e. The third-order valence-corrected chi connectivity index (χ3v) is 3.58. The molecule has 10 heavy (non-hydrogen) atoms. The lowest BCUT2D eigenvalue weighted by Gasteiger charge is -2.30. The molecule has 0 radical (unpaired) electrons. The molecule has 0 amide bonds. The Bertz CT molecular complexity index is 128. The van der Waals surface area contributed by atoms with Crippen LogP contribution in [0.25, 0.3) is 0 Å². The Morgan fingerprint density at radius 1 is 1.40 bits per heavy atom. The highest BCUT2D eigenvalue weighted by molar-refractivity contribution is 5.03. The van der Waals surface area contributed by atoms with Crippen LogP contribution >= 0.6 is 0 Å². The molecular weight excluding hydrogens is 120 g/mol. The molecule has 0 aromatic rings. The van der Waals surface area contributed by atoms with Crippen LogP contribution in [-0.2, 0) is 0 Å². The lowest BCUT2D eigenvalue weighted by molar-refractivity contribution is 0.190. The van der Waals surface area contributed by atoms with Crippen LogP contribution in [0.3, 0.4) is 0 Å². The van der Waals surface area contributed by atoms with Crippen molar-refractivity contribution in [1.82, 2.24) is 0 Å². The summed E-state index contributed by atoms with van der Waals surface area (Å²) in [5.41, 5.74) is 0. The Labute approximate surface area is 64.0 Å². The number of hydrogen-bond acceptors (Lipinski definition) is 0. The van der Waals surface area contributed by atoms with Crippen LogP contribution in [0.1, 0.15) is 39.5 Å². The van der Waals surface area contributed by atoms with Crippen LogP contribution in [0, 0.1) is 23.7 Å². The maximum atomic E-state index is 2.45. The van der Waals surface area contributed by atoms with Gasteiger partial charge < -0.3 is 0 Å². The zero-order valence-electron chi connectivity index (χ0n) is 7.14. The molecule has 2 fully saturated rings. The van der Waals surface area contributed by atoms with Crippen molar-refractivity contribution >= 4 is 0 Å². The fourth-order valence-corrected chi connectivity index (χ4v) is 2.72. The van der Waals surface area contributed by atoms with Gasteiger partial charge in [-0.05, 0) is 36.5 Å². The molecule has 0 aromatic heterocycles. The van der Waals surface area contributed by atoms with E-state index < -0.39 is 0 Å². The summed E-state index contributed by atoms with van der Waals surface area (Å²) in [5.74, 6) is 4.57. The molecule has 2 aliphatic carbocycles. The van der Waals surface area contributed by atoms with Crippen LogP contribution in [-0.4, -0.2) is 0 Å². The second-order valence-electron chi connectivity index (χ2n) is 4.33. The van der Waals surface area contributed by atoms with Crippen molar-refractivity contribution in [1.29, 1.82) is 0 Å². The van der Waals surface area contributed by atoms with Gasteiger partial charge in [0.05, 0.1) is 0 Å². The van der Waals surface area contributed by atoms with Gasteiger partial charge in [0, 0.05) is 0 Å². The molecule has 2 aliphatic rings. The van der Waals surface area contributed by atoms with E-state index in [4.69, 9.17) is 0 Å². The lowest BCUT2D eigenvalue weighted by Crippen LogP contribution is -2.22. The van der Waals surface area contributed by atoms with Crippen LogP contribution in [0.15, 0.2) is 0 Å².